The smallest absolute Gasteiger partial charge is 0.319 e. The number of aryl methyl sites for hydroxylation is 1. The number of hydrogen-bond donors (Lipinski definition) is 3. The van der Waals surface area contributed by atoms with Crippen molar-refractivity contribution in [3.05, 3.63) is 76.1 Å². The highest BCUT2D eigenvalue weighted by Gasteiger charge is 2.09. The van der Waals surface area contributed by atoms with E-state index >= 15 is 0 Å². The van der Waals surface area contributed by atoms with Gasteiger partial charge in [0.05, 0.1) is 6.54 Å². The Labute approximate surface area is 161 Å². The first kappa shape index (κ1) is 18.6. The highest BCUT2D eigenvalue weighted by Crippen LogP contribution is 2.17. The van der Waals surface area contributed by atoms with Gasteiger partial charge in [-0.05, 0) is 48.9 Å². The SMILES string of the molecule is CCc1ccc(CNC(=O)Nc2cccc(C(=O)Nc3ccccn3)c2)s1. The number of rotatable bonds is 6. The molecular formula is C20H20N4O2S. The van der Waals surface area contributed by atoms with Gasteiger partial charge < -0.3 is 16.0 Å². The molecule has 0 aliphatic carbocycles. The van der Waals surface area contributed by atoms with Crippen LogP contribution in [-0.4, -0.2) is 16.9 Å². The number of anilines is 2. The highest BCUT2D eigenvalue weighted by atomic mass is 32.1. The molecule has 0 saturated carbocycles. The van der Waals surface area contributed by atoms with Gasteiger partial charge >= 0.3 is 6.03 Å². The maximum atomic E-state index is 12.3. The summed E-state index contributed by atoms with van der Waals surface area (Å²) in [4.78, 5) is 30.9. The van der Waals surface area contributed by atoms with E-state index in [0.717, 1.165) is 11.3 Å². The van der Waals surface area contributed by atoms with Gasteiger partial charge in [-0.3, -0.25) is 4.79 Å². The van der Waals surface area contributed by atoms with Crippen LogP contribution in [0, 0.1) is 0 Å². The lowest BCUT2D eigenvalue weighted by atomic mass is 10.2. The quantitative estimate of drug-likeness (QED) is 0.597. The van der Waals surface area contributed by atoms with Crippen LogP contribution < -0.4 is 16.0 Å². The average molecular weight is 380 g/mol. The van der Waals surface area contributed by atoms with E-state index in [9.17, 15) is 9.59 Å². The normalized spacial score (nSPS) is 10.3. The lowest BCUT2D eigenvalue weighted by Crippen LogP contribution is -2.28. The van der Waals surface area contributed by atoms with Crippen molar-refractivity contribution < 1.29 is 9.59 Å². The number of aromatic nitrogens is 1. The topological polar surface area (TPSA) is 83.1 Å². The number of nitrogens with zero attached hydrogens (tertiary/aromatic N) is 1. The summed E-state index contributed by atoms with van der Waals surface area (Å²) in [5.74, 6) is 0.185. The second-order valence-corrected chi connectivity index (χ2v) is 7.03. The Morgan fingerprint density at radius 1 is 1.00 bits per heavy atom. The fraction of sp³-hybridized carbons (Fsp3) is 0.150. The van der Waals surface area contributed by atoms with Crippen LogP contribution in [0.4, 0.5) is 16.3 Å². The third-order valence-corrected chi connectivity index (χ3v) is 5.01. The number of amides is 3. The standard InChI is InChI=1S/C20H20N4O2S/c1-2-16-9-10-17(27-16)13-22-20(26)23-15-7-5-6-14(12-15)19(25)24-18-8-3-4-11-21-18/h3-12H,2,13H2,1H3,(H,21,24,25)(H2,22,23,26). The van der Waals surface area contributed by atoms with Gasteiger partial charge in [0.1, 0.15) is 5.82 Å². The summed E-state index contributed by atoms with van der Waals surface area (Å²) >= 11 is 1.69. The third-order valence-electron chi connectivity index (χ3n) is 3.78. The number of benzene rings is 1. The third kappa shape index (κ3) is 5.39. The molecule has 0 saturated heterocycles. The molecule has 3 rings (SSSR count). The number of nitrogens with one attached hydrogen (secondary N) is 3. The first-order chi connectivity index (χ1) is 13.1. The molecule has 0 fully saturated rings. The second kappa shape index (κ2) is 8.95. The summed E-state index contributed by atoms with van der Waals surface area (Å²) in [6.07, 6.45) is 2.60. The Morgan fingerprint density at radius 3 is 2.59 bits per heavy atom. The van der Waals surface area contributed by atoms with Gasteiger partial charge in [0.15, 0.2) is 0 Å². The molecule has 0 radical (unpaired) electrons. The summed E-state index contributed by atoms with van der Waals surface area (Å²) in [5.41, 5.74) is 0.978. The number of carbonyl (C=O) groups is 2. The predicted octanol–water partition coefficient (Wildman–Crippen LogP) is 4.28. The first-order valence-electron chi connectivity index (χ1n) is 8.59. The van der Waals surface area contributed by atoms with Crippen molar-refractivity contribution in [2.24, 2.45) is 0 Å². The van der Waals surface area contributed by atoms with Crippen LogP contribution in [0.2, 0.25) is 0 Å². The number of pyridine rings is 1. The van der Waals surface area contributed by atoms with Crippen molar-refractivity contribution in [1.29, 1.82) is 0 Å². The molecule has 0 aliphatic rings. The minimum atomic E-state index is -0.316. The second-order valence-electron chi connectivity index (χ2n) is 5.78. The van der Waals surface area contributed by atoms with Crippen molar-refractivity contribution in [1.82, 2.24) is 10.3 Å². The van der Waals surface area contributed by atoms with Crippen LogP contribution in [0.25, 0.3) is 0 Å². The molecule has 27 heavy (non-hydrogen) atoms. The summed E-state index contributed by atoms with van der Waals surface area (Å²) in [6, 6.07) is 15.8. The largest absolute Gasteiger partial charge is 0.333 e. The molecule has 0 unspecified atom stereocenters. The summed E-state index contributed by atoms with van der Waals surface area (Å²) in [5, 5.41) is 8.29. The van der Waals surface area contributed by atoms with Gasteiger partial charge in [-0.1, -0.05) is 19.1 Å². The van der Waals surface area contributed by atoms with Crippen molar-refractivity contribution >= 4 is 34.8 Å². The first-order valence-corrected chi connectivity index (χ1v) is 9.40. The van der Waals surface area contributed by atoms with Gasteiger partial charge in [-0.2, -0.15) is 0 Å². The van der Waals surface area contributed by atoms with Gasteiger partial charge in [0.2, 0.25) is 0 Å². The Hall–Kier alpha value is -3.19. The fourth-order valence-electron chi connectivity index (χ4n) is 2.41. The molecule has 0 spiro atoms. The Bertz CT molecular complexity index is 924. The van der Waals surface area contributed by atoms with Crippen molar-refractivity contribution in [3.8, 4) is 0 Å². The molecule has 1 aromatic carbocycles. The molecule has 0 atom stereocenters. The van der Waals surface area contributed by atoms with Crippen LogP contribution in [0.3, 0.4) is 0 Å². The number of urea groups is 1. The van der Waals surface area contributed by atoms with E-state index in [0.29, 0.717) is 23.6 Å². The average Bonchev–Trinajstić information content (AvgIpc) is 3.15. The minimum absolute atomic E-state index is 0.288. The lowest BCUT2D eigenvalue weighted by molar-refractivity contribution is 0.102. The van der Waals surface area contributed by atoms with E-state index in [4.69, 9.17) is 0 Å². The molecule has 3 N–H and O–H groups in total. The monoisotopic (exact) mass is 380 g/mol. The Kier molecular flexibility index (Phi) is 6.17. The highest BCUT2D eigenvalue weighted by molar-refractivity contribution is 7.11. The molecule has 0 aliphatic heterocycles. The number of hydrogen-bond acceptors (Lipinski definition) is 4. The van der Waals surface area contributed by atoms with Crippen molar-refractivity contribution in [2.45, 2.75) is 19.9 Å². The van der Waals surface area contributed by atoms with Gasteiger partial charge in [0.25, 0.3) is 5.91 Å². The van der Waals surface area contributed by atoms with E-state index in [2.05, 4.69) is 33.9 Å². The zero-order chi connectivity index (χ0) is 19.1. The zero-order valence-corrected chi connectivity index (χ0v) is 15.7. The summed E-state index contributed by atoms with van der Waals surface area (Å²) in [7, 11) is 0. The maximum absolute atomic E-state index is 12.3. The van der Waals surface area contributed by atoms with Crippen LogP contribution in [0.5, 0.6) is 0 Å². The number of thiophene rings is 1. The van der Waals surface area contributed by atoms with Gasteiger partial charge in [-0.15, -0.1) is 11.3 Å². The van der Waals surface area contributed by atoms with Gasteiger partial charge in [0, 0.05) is 27.2 Å². The van der Waals surface area contributed by atoms with Crippen LogP contribution in [-0.2, 0) is 13.0 Å². The molecule has 7 heteroatoms. The molecule has 0 bridgehead atoms. The predicted molar refractivity (Wildman–Crippen MR) is 108 cm³/mol. The minimum Gasteiger partial charge on any atom is -0.333 e. The molecular weight excluding hydrogens is 360 g/mol. The van der Waals surface area contributed by atoms with Crippen LogP contribution in [0.1, 0.15) is 27.0 Å². The Balaban J connectivity index is 1.56. The van der Waals surface area contributed by atoms with Crippen molar-refractivity contribution in [3.63, 3.8) is 0 Å². The van der Waals surface area contributed by atoms with Crippen LogP contribution >= 0.6 is 11.3 Å². The van der Waals surface area contributed by atoms with Crippen molar-refractivity contribution in [2.75, 3.05) is 10.6 Å². The molecule has 2 aromatic heterocycles. The van der Waals surface area contributed by atoms with Gasteiger partial charge in [-0.25, -0.2) is 9.78 Å². The van der Waals surface area contributed by atoms with Crippen LogP contribution in [0.15, 0.2) is 60.8 Å². The molecule has 2 heterocycles. The molecule has 138 valence electrons. The summed E-state index contributed by atoms with van der Waals surface area (Å²) in [6.45, 7) is 2.57. The van der Waals surface area contributed by atoms with E-state index in [-0.39, 0.29) is 11.9 Å². The maximum Gasteiger partial charge on any atom is 0.319 e. The fourth-order valence-corrected chi connectivity index (χ4v) is 3.31. The molecule has 6 nitrogen and oxygen atoms in total. The summed E-state index contributed by atoms with van der Waals surface area (Å²) < 4.78 is 0. The lowest BCUT2D eigenvalue weighted by Gasteiger charge is -2.09. The molecule has 3 amide bonds. The van der Waals surface area contributed by atoms with E-state index in [1.54, 1.807) is 60.0 Å². The number of carbonyl (C=O) groups excluding carboxylic acids is 2. The van der Waals surface area contributed by atoms with E-state index in [1.807, 2.05) is 6.07 Å². The Morgan fingerprint density at radius 2 is 1.85 bits per heavy atom. The van der Waals surface area contributed by atoms with E-state index < -0.39 is 0 Å². The molecule has 3 aromatic rings. The van der Waals surface area contributed by atoms with E-state index in [1.165, 1.54) is 4.88 Å². The zero-order valence-electron chi connectivity index (χ0n) is 14.9.